The molecule has 3 unspecified atom stereocenters. The number of carbonyl (C=O) groups is 2. The van der Waals surface area contributed by atoms with Gasteiger partial charge in [0.05, 0.1) is 6.54 Å². The lowest BCUT2D eigenvalue weighted by atomic mass is 9.94. The molecule has 1 heterocycles. The molecular formula is C34H42ClN3O2. The van der Waals surface area contributed by atoms with E-state index in [1.165, 1.54) is 12.0 Å². The first-order chi connectivity index (χ1) is 19.5. The Labute approximate surface area is 244 Å². The van der Waals surface area contributed by atoms with Crippen LogP contribution in [0.5, 0.6) is 0 Å². The largest absolute Gasteiger partial charge is 0.345 e. The molecule has 2 fully saturated rings. The van der Waals surface area contributed by atoms with Crippen molar-refractivity contribution < 1.29 is 9.59 Å². The molecule has 6 heteroatoms. The van der Waals surface area contributed by atoms with Crippen molar-refractivity contribution in [3.05, 3.63) is 94.8 Å². The summed E-state index contributed by atoms with van der Waals surface area (Å²) in [7, 11) is 0. The first-order valence-corrected chi connectivity index (χ1v) is 15.4. The maximum atomic E-state index is 14.1. The number of nitrogens with zero attached hydrogens (tertiary/aromatic N) is 3. The topological polar surface area (TPSA) is 45.6 Å². The monoisotopic (exact) mass is 559 g/mol. The predicted molar refractivity (Wildman–Crippen MR) is 161 cm³/mol. The van der Waals surface area contributed by atoms with Gasteiger partial charge in [-0.25, -0.2) is 0 Å². The number of hydrogen-bond acceptors (Lipinski definition) is 2. The van der Waals surface area contributed by atoms with E-state index in [1.807, 2.05) is 53.4 Å². The Bertz CT molecular complexity index is 1280. The highest BCUT2D eigenvalue weighted by Crippen LogP contribution is 2.48. The zero-order valence-corrected chi connectivity index (χ0v) is 24.6. The lowest BCUT2D eigenvalue weighted by Crippen LogP contribution is -2.50. The number of carbonyl (C=O) groups excluding carboxylic acids is 2. The molecule has 2 aromatic carbocycles. The molecule has 1 aromatic heterocycles. The van der Waals surface area contributed by atoms with Gasteiger partial charge in [0.2, 0.25) is 11.8 Å². The van der Waals surface area contributed by atoms with Crippen molar-refractivity contribution >= 4 is 23.4 Å². The predicted octanol–water partition coefficient (Wildman–Crippen LogP) is 7.28. The molecule has 2 saturated carbocycles. The zero-order valence-electron chi connectivity index (χ0n) is 23.8. The molecule has 0 aliphatic heterocycles. The first-order valence-electron chi connectivity index (χ1n) is 15.0. The molecule has 3 aromatic rings. The van der Waals surface area contributed by atoms with Gasteiger partial charge in [0.15, 0.2) is 0 Å². The number of benzene rings is 2. The molecule has 212 valence electrons. The van der Waals surface area contributed by atoms with Crippen molar-refractivity contribution in [2.45, 2.75) is 89.9 Å². The van der Waals surface area contributed by atoms with Crippen molar-refractivity contribution in [1.82, 2.24) is 14.4 Å². The van der Waals surface area contributed by atoms with Crippen molar-refractivity contribution in [3.63, 3.8) is 0 Å². The average molecular weight is 560 g/mol. The number of amides is 2. The Morgan fingerprint density at radius 2 is 1.70 bits per heavy atom. The van der Waals surface area contributed by atoms with Crippen LogP contribution in [0.2, 0.25) is 5.02 Å². The molecule has 0 bridgehead atoms. The van der Waals surface area contributed by atoms with Gasteiger partial charge in [-0.1, -0.05) is 86.3 Å². The van der Waals surface area contributed by atoms with Crippen molar-refractivity contribution in [2.75, 3.05) is 6.54 Å². The van der Waals surface area contributed by atoms with Crippen LogP contribution in [0.25, 0.3) is 0 Å². The van der Waals surface area contributed by atoms with E-state index in [4.69, 9.17) is 11.6 Å². The summed E-state index contributed by atoms with van der Waals surface area (Å²) < 4.78 is 2.19. The Balaban J connectivity index is 1.33. The molecule has 0 spiro atoms. The number of aromatic nitrogens is 1. The molecule has 5 nitrogen and oxygen atoms in total. The normalized spacial score (nSPS) is 19.7. The fourth-order valence-electron chi connectivity index (χ4n) is 6.20. The third kappa shape index (κ3) is 6.63. The van der Waals surface area contributed by atoms with Crippen molar-refractivity contribution in [3.8, 4) is 0 Å². The SMILES string of the molecule is CCC(C)N(CC(=O)N(Cc1cccn1Cc1ccccc1Cl)C1CCCCC1)C(=O)C1CC1c1ccccc1. The summed E-state index contributed by atoms with van der Waals surface area (Å²) in [6.45, 7) is 5.52. The van der Waals surface area contributed by atoms with Gasteiger partial charge in [-0.3, -0.25) is 9.59 Å². The Morgan fingerprint density at radius 3 is 2.42 bits per heavy atom. The van der Waals surface area contributed by atoms with Crippen LogP contribution in [0.1, 0.15) is 81.5 Å². The molecule has 0 radical (unpaired) electrons. The fourth-order valence-corrected chi connectivity index (χ4v) is 6.40. The summed E-state index contributed by atoms with van der Waals surface area (Å²) in [5.74, 6) is 0.420. The van der Waals surface area contributed by atoms with Gasteiger partial charge in [0.1, 0.15) is 6.54 Å². The maximum Gasteiger partial charge on any atom is 0.242 e. The van der Waals surface area contributed by atoms with E-state index < -0.39 is 0 Å². The lowest BCUT2D eigenvalue weighted by Gasteiger charge is -2.37. The van der Waals surface area contributed by atoms with Crippen molar-refractivity contribution in [2.24, 2.45) is 5.92 Å². The summed E-state index contributed by atoms with van der Waals surface area (Å²) in [6.07, 6.45) is 9.31. The summed E-state index contributed by atoms with van der Waals surface area (Å²) in [6, 6.07) is 22.6. The minimum Gasteiger partial charge on any atom is -0.345 e. The maximum absolute atomic E-state index is 14.1. The van der Waals surface area contributed by atoms with Crippen LogP contribution in [0, 0.1) is 5.92 Å². The van der Waals surface area contributed by atoms with Crippen LogP contribution in [-0.2, 0) is 22.7 Å². The molecule has 2 aliphatic rings. The Kier molecular flexibility index (Phi) is 9.31. The van der Waals surface area contributed by atoms with E-state index in [9.17, 15) is 9.59 Å². The van der Waals surface area contributed by atoms with Gasteiger partial charge < -0.3 is 14.4 Å². The van der Waals surface area contributed by atoms with Gasteiger partial charge in [-0.05, 0) is 67.9 Å². The molecule has 5 rings (SSSR count). The smallest absolute Gasteiger partial charge is 0.242 e. The fraction of sp³-hybridized carbons (Fsp3) is 0.471. The van der Waals surface area contributed by atoms with Crippen molar-refractivity contribution in [1.29, 1.82) is 0 Å². The van der Waals surface area contributed by atoms with Crippen LogP contribution >= 0.6 is 11.6 Å². The van der Waals surface area contributed by atoms with E-state index in [0.29, 0.717) is 13.1 Å². The summed E-state index contributed by atoms with van der Waals surface area (Å²) >= 11 is 6.47. The molecule has 0 saturated heterocycles. The standard InChI is InChI=1S/C34H42ClN3O2/c1-3-25(2)37(34(40)31-21-30(31)26-13-6-4-7-14-26)24-33(39)38(28-16-8-5-9-17-28)23-29-18-12-20-36(29)22-27-15-10-11-19-32(27)35/h4,6-7,10-15,18-20,25,28,30-31H,3,5,8-9,16-17,21-24H2,1-2H3. The van der Waals surface area contributed by atoms with E-state index in [2.05, 4.69) is 47.7 Å². The van der Waals surface area contributed by atoms with Crippen LogP contribution < -0.4 is 0 Å². The van der Waals surface area contributed by atoms with E-state index in [-0.39, 0.29) is 42.3 Å². The Hall–Kier alpha value is -3.05. The third-order valence-electron chi connectivity index (χ3n) is 8.94. The van der Waals surface area contributed by atoms with Gasteiger partial charge in [0.25, 0.3) is 0 Å². The average Bonchev–Trinajstić information content (AvgIpc) is 3.68. The first kappa shape index (κ1) is 28.5. The highest BCUT2D eigenvalue weighted by Gasteiger charge is 2.46. The summed E-state index contributed by atoms with van der Waals surface area (Å²) in [5.41, 5.74) is 3.37. The molecular weight excluding hydrogens is 518 g/mol. The second-order valence-electron chi connectivity index (χ2n) is 11.6. The summed E-state index contributed by atoms with van der Waals surface area (Å²) in [5, 5.41) is 0.749. The Morgan fingerprint density at radius 1 is 0.975 bits per heavy atom. The van der Waals surface area contributed by atoms with Crippen LogP contribution in [-0.4, -0.2) is 44.8 Å². The number of hydrogen-bond donors (Lipinski definition) is 0. The molecule has 2 amide bonds. The molecule has 3 atom stereocenters. The third-order valence-corrected chi connectivity index (χ3v) is 9.31. The molecule has 2 aliphatic carbocycles. The highest BCUT2D eigenvalue weighted by molar-refractivity contribution is 6.31. The number of halogens is 1. The van der Waals surface area contributed by atoms with E-state index in [0.717, 1.165) is 54.8 Å². The molecule has 0 N–H and O–H groups in total. The van der Waals surface area contributed by atoms with E-state index >= 15 is 0 Å². The second kappa shape index (κ2) is 13.1. The lowest BCUT2D eigenvalue weighted by molar-refractivity contribution is -0.145. The highest BCUT2D eigenvalue weighted by atomic mass is 35.5. The van der Waals surface area contributed by atoms with Crippen LogP contribution in [0.3, 0.4) is 0 Å². The molecule has 40 heavy (non-hydrogen) atoms. The van der Waals surface area contributed by atoms with Crippen LogP contribution in [0.15, 0.2) is 72.9 Å². The second-order valence-corrected chi connectivity index (χ2v) is 12.0. The van der Waals surface area contributed by atoms with Gasteiger partial charge in [-0.15, -0.1) is 0 Å². The van der Waals surface area contributed by atoms with Crippen LogP contribution in [0.4, 0.5) is 0 Å². The van der Waals surface area contributed by atoms with Gasteiger partial charge in [-0.2, -0.15) is 0 Å². The van der Waals surface area contributed by atoms with Gasteiger partial charge >= 0.3 is 0 Å². The minimum absolute atomic E-state index is 0.0192. The van der Waals surface area contributed by atoms with E-state index in [1.54, 1.807) is 0 Å². The summed E-state index contributed by atoms with van der Waals surface area (Å²) in [4.78, 5) is 31.8. The minimum atomic E-state index is -0.0276. The quantitative estimate of drug-likeness (QED) is 0.248. The number of rotatable bonds is 11. The van der Waals surface area contributed by atoms with Gasteiger partial charge in [0, 0.05) is 41.5 Å². The zero-order chi connectivity index (χ0) is 28.1.